The van der Waals surface area contributed by atoms with Crippen LogP contribution in [-0.2, 0) is 4.84 Å². The van der Waals surface area contributed by atoms with Gasteiger partial charge in [-0.25, -0.2) is 0 Å². The molecular weight excluding hydrogens is 320 g/mol. The van der Waals surface area contributed by atoms with Gasteiger partial charge in [-0.05, 0) is 61.6 Å². The van der Waals surface area contributed by atoms with Crippen LogP contribution in [0.15, 0.2) is 60.0 Å². The molecule has 1 aromatic heterocycles. The summed E-state index contributed by atoms with van der Waals surface area (Å²) in [5, 5.41) is 5.14. The SMILES string of the molecule is Clc1ccc(/C=C/C(=N/OC2CCCCC2)c2cccnc2)cc1. The molecule has 0 aliphatic heterocycles. The lowest BCUT2D eigenvalue weighted by atomic mass is 9.98. The summed E-state index contributed by atoms with van der Waals surface area (Å²) in [6.45, 7) is 0. The number of aromatic nitrogens is 1. The second-order valence-corrected chi connectivity index (χ2v) is 6.40. The van der Waals surface area contributed by atoms with Gasteiger partial charge in [0.25, 0.3) is 0 Å². The highest BCUT2D eigenvalue weighted by atomic mass is 35.5. The van der Waals surface area contributed by atoms with Gasteiger partial charge >= 0.3 is 0 Å². The monoisotopic (exact) mass is 340 g/mol. The summed E-state index contributed by atoms with van der Waals surface area (Å²) in [7, 11) is 0. The average Bonchev–Trinajstić information content (AvgIpc) is 2.65. The lowest BCUT2D eigenvalue weighted by Crippen LogP contribution is -2.15. The Kier molecular flexibility index (Phi) is 6.02. The molecule has 4 heteroatoms. The Morgan fingerprint density at radius 1 is 1.12 bits per heavy atom. The Balaban J connectivity index is 1.77. The summed E-state index contributed by atoms with van der Waals surface area (Å²) in [6.07, 6.45) is 13.7. The topological polar surface area (TPSA) is 34.5 Å². The highest BCUT2D eigenvalue weighted by Crippen LogP contribution is 2.21. The zero-order valence-electron chi connectivity index (χ0n) is 13.6. The van der Waals surface area contributed by atoms with Crippen molar-refractivity contribution >= 4 is 23.4 Å². The van der Waals surface area contributed by atoms with Gasteiger partial charge in [0.1, 0.15) is 11.8 Å². The maximum absolute atomic E-state index is 5.93. The van der Waals surface area contributed by atoms with Crippen LogP contribution in [0.5, 0.6) is 0 Å². The molecule has 0 saturated heterocycles. The summed E-state index contributed by atoms with van der Waals surface area (Å²) in [4.78, 5) is 9.97. The van der Waals surface area contributed by atoms with E-state index in [1.807, 2.05) is 48.6 Å². The third kappa shape index (κ3) is 4.93. The van der Waals surface area contributed by atoms with Gasteiger partial charge in [-0.3, -0.25) is 4.98 Å². The number of nitrogens with zero attached hydrogens (tertiary/aromatic N) is 2. The number of allylic oxidation sites excluding steroid dienone is 1. The van der Waals surface area contributed by atoms with Crippen molar-refractivity contribution < 1.29 is 4.84 Å². The lowest BCUT2D eigenvalue weighted by molar-refractivity contribution is 0.0332. The fourth-order valence-electron chi connectivity index (χ4n) is 2.74. The van der Waals surface area contributed by atoms with Crippen LogP contribution in [0, 0.1) is 0 Å². The van der Waals surface area contributed by atoms with Crippen molar-refractivity contribution in [1.29, 1.82) is 0 Å². The molecule has 1 fully saturated rings. The van der Waals surface area contributed by atoms with E-state index in [1.165, 1.54) is 19.3 Å². The Morgan fingerprint density at radius 2 is 1.92 bits per heavy atom. The van der Waals surface area contributed by atoms with Crippen LogP contribution >= 0.6 is 11.6 Å². The second kappa shape index (κ2) is 8.65. The first-order valence-electron chi connectivity index (χ1n) is 8.39. The Labute approximate surface area is 148 Å². The molecule has 0 amide bonds. The van der Waals surface area contributed by atoms with E-state index in [0.717, 1.165) is 34.7 Å². The molecule has 1 aliphatic rings. The summed E-state index contributed by atoms with van der Waals surface area (Å²) in [5.41, 5.74) is 2.79. The number of hydrogen-bond acceptors (Lipinski definition) is 3. The maximum Gasteiger partial charge on any atom is 0.127 e. The summed E-state index contributed by atoms with van der Waals surface area (Å²) in [5.74, 6) is 0. The number of benzene rings is 1. The van der Waals surface area contributed by atoms with E-state index < -0.39 is 0 Å². The normalized spacial score (nSPS) is 16.5. The molecule has 3 nitrogen and oxygen atoms in total. The van der Waals surface area contributed by atoms with Crippen molar-refractivity contribution in [3.05, 3.63) is 71.0 Å². The molecule has 0 atom stereocenters. The molecule has 0 radical (unpaired) electrons. The summed E-state index contributed by atoms with van der Waals surface area (Å²) >= 11 is 5.93. The van der Waals surface area contributed by atoms with E-state index in [2.05, 4.69) is 10.1 Å². The van der Waals surface area contributed by atoms with Crippen molar-refractivity contribution in [2.75, 3.05) is 0 Å². The molecule has 124 valence electrons. The van der Waals surface area contributed by atoms with Crippen LogP contribution in [0.3, 0.4) is 0 Å². The maximum atomic E-state index is 5.93. The van der Waals surface area contributed by atoms with Crippen LogP contribution in [0.4, 0.5) is 0 Å². The molecule has 0 bridgehead atoms. The molecule has 1 aliphatic carbocycles. The van der Waals surface area contributed by atoms with E-state index in [9.17, 15) is 0 Å². The first kappa shape index (κ1) is 16.7. The highest BCUT2D eigenvalue weighted by molar-refractivity contribution is 6.30. The number of halogens is 1. The minimum Gasteiger partial charge on any atom is -0.392 e. The Bertz CT molecular complexity index is 689. The first-order chi connectivity index (χ1) is 11.8. The minimum atomic E-state index is 0.231. The van der Waals surface area contributed by atoms with Gasteiger partial charge in [-0.1, -0.05) is 41.4 Å². The van der Waals surface area contributed by atoms with Crippen LogP contribution in [0.25, 0.3) is 6.08 Å². The average molecular weight is 341 g/mol. The van der Waals surface area contributed by atoms with Crippen LogP contribution < -0.4 is 0 Å². The predicted molar refractivity (Wildman–Crippen MR) is 99.2 cm³/mol. The number of rotatable bonds is 5. The van der Waals surface area contributed by atoms with Gasteiger partial charge < -0.3 is 4.84 Å². The zero-order chi connectivity index (χ0) is 16.6. The van der Waals surface area contributed by atoms with Crippen LogP contribution in [0.1, 0.15) is 43.2 Å². The Hall–Kier alpha value is -2.13. The molecule has 1 heterocycles. The molecule has 3 rings (SSSR count). The van der Waals surface area contributed by atoms with Gasteiger partial charge in [-0.15, -0.1) is 0 Å². The molecule has 0 unspecified atom stereocenters. The number of pyridine rings is 1. The van der Waals surface area contributed by atoms with Gasteiger partial charge in [0, 0.05) is 23.0 Å². The van der Waals surface area contributed by atoms with E-state index in [4.69, 9.17) is 16.4 Å². The van der Waals surface area contributed by atoms with Gasteiger partial charge in [0.2, 0.25) is 0 Å². The van der Waals surface area contributed by atoms with E-state index in [1.54, 1.807) is 12.4 Å². The van der Waals surface area contributed by atoms with Crippen LogP contribution in [-0.4, -0.2) is 16.8 Å². The van der Waals surface area contributed by atoms with Crippen LogP contribution in [0.2, 0.25) is 5.02 Å². The molecule has 0 N–H and O–H groups in total. The molecule has 1 aromatic carbocycles. The fourth-order valence-corrected chi connectivity index (χ4v) is 2.87. The predicted octanol–water partition coefficient (Wildman–Crippen LogP) is 5.50. The summed E-state index contributed by atoms with van der Waals surface area (Å²) in [6, 6.07) is 11.6. The van der Waals surface area contributed by atoms with Gasteiger partial charge in [-0.2, -0.15) is 0 Å². The minimum absolute atomic E-state index is 0.231. The third-order valence-electron chi connectivity index (χ3n) is 4.11. The quantitative estimate of drug-likeness (QED) is 0.532. The van der Waals surface area contributed by atoms with E-state index in [0.29, 0.717) is 0 Å². The largest absolute Gasteiger partial charge is 0.392 e. The van der Waals surface area contributed by atoms with Crippen molar-refractivity contribution in [2.45, 2.75) is 38.2 Å². The van der Waals surface area contributed by atoms with E-state index in [-0.39, 0.29) is 6.10 Å². The fraction of sp³-hybridized carbons (Fsp3) is 0.300. The zero-order valence-corrected chi connectivity index (χ0v) is 14.3. The van der Waals surface area contributed by atoms with Crippen molar-refractivity contribution in [3.63, 3.8) is 0 Å². The van der Waals surface area contributed by atoms with Crippen molar-refractivity contribution in [1.82, 2.24) is 4.98 Å². The smallest absolute Gasteiger partial charge is 0.127 e. The van der Waals surface area contributed by atoms with Crippen molar-refractivity contribution in [2.24, 2.45) is 5.16 Å². The second-order valence-electron chi connectivity index (χ2n) is 5.97. The molecule has 0 spiro atoms. The van der Waals surface area contributed by atoms with Gasteiger partial charge in [0.15, 0.2) is 0 Å². The lowest BCUT2D eigenvalue weighted by Gasteiger charge is -2.19. The third-order valence-corrected chi connectivity index (χ3v) is 4.37. The highest BCUT2D eigenvalue weighted by Gasteiger charge is 2.14. The molecule has 2 aromatic rings. The standard InChI is InChI=1S/C20H21ClN2O/c21-18-11-8-16(9-12-18)10-13-20(17-5-4-14-22-15-17)23-24-19-6-2-1-3-7-19/h4-5,8-15,19H,1-3,6-7H2/b13-10+,23-20-. The molecule has 1 saturated carbocycles. The molecular formula is C20H21ClN2O. The summed E-state index contributed by atoms with van der Waals surface area (Å²) < 4.78 is 0. The van der Waals surface area contributed by atoms with Crippen molar-refractivity contribution in [3.8, 4) is 0 Å². The first-order valence-corrected chi connectivity index (χ1v) is 8.77. The van der Waals surface area contributed by atoms with E-state index >= 15 is 0 Å². The molecule has 24 heavy (non-hydrogen) atoms. The number of hydrogen-bond donors (Lipinski definition) is 0. The van der Waals surface area contributed by atoms with Gasteiger partial charge in [0.05, 0.1) is 0 Å². The Morgan fingerprint density at radius 3 is 2.62 bits per heavy atom. The number of oxime groups is 1.